The molecule has 1 fully saturated rings. The monoisotopic (exact) mass is 297 g/mol. The Bertz CT molecular complexity index is 332. The van der Waals surface area contributed by atoms with E-state index in [4.69, 9.17) is 0 Å². The molecule has 4 unspecified atom stereocenters. The lowest BCUT2D eigenvalue weighted by Gasteiger charge is -2.31. The number of amides is 1. The predicted molar refractivity (Wildman–Crippen MR) is 89.1 cm³/mol. The first kappa shape index (κ1) is 18.4. The Morgan fingerprint density at radius 3 is 2.29 bits per heavy atom. The van der Waals surface area contributed by atoms with Gasteiger partial charge in [0.15, 0.2) is 0 Å². The molecule has 4 atom stereocenters. The summed E-state index contributed by atoms with van der Waals surface area (Å²) in [5, 5.41) is 3.57. The largest absolute Gasteiger partial charge is 0.324 e. The average Bonchev–Trinajstić information content (AvgIpc) is 2.80. The molecule has 0 spiro atoms. The number of rotatable bonds is 8. The first-order valence-corrected chi connectivity index (χ1v) is 8.60. The minimum absolute atomic E-state index is 0.00342. The second-order valence-electron chi connectivity index (χ2n) is 6.99. The number of hydrogen-bond acceptors (Lipinski definition) is 3. The molecule has 4 nitrogen and oxygen atoms in total. The third-order valence-corrected chi connectivity index (χ3v) is 5.12. The summed E-state index contributed by atoms with van der Waals surface area (Å²) in [6, 6.07) is 0.565. The van der Waals surface area contributed by atoms with Crippen LogP contribution in [0.5, 0.6) is 0 Å². The van der Waals surface area contributed by atoms with Gasteiger partial charge in [-0.1, -0.05) is 41.0 Å². The van der Waals surface area contributed by atoms with E-state index in [-0.39, 0.29) is 12.2 Å². The van der Waals surface area contributed by atoms with Crippen molar-refractivity contribution in [3.05, 3.63) is 0 Å². The minimum atomic E-state index is -0.00342. The summed E-state index contributed by atoms with van der Waals surface area (Å²) < 4.78 is 0. The van der Waals surface area contributed by atoms with Crippen molar-refractivity contribution >= 4 is 5.91 Å². The zero-order valence-electron chi connectivity index (χ0n) is 15.0. The highest BCUT2D eigenvalue weighted by molar-refractivity contribution is 5.84. The smallest absolute Gasteiger partial charge is 0.241 e. The SMILES string of the molecule is CCC(C)C1NC(C(C)C)N(CCN(C)C(C)CC)C1=O. The molecule has 1 aliphatic heterocycles. The van der Waals surface area contributed by atoms with Gasteiger partial charge in [-0.3, -0.25) is 10.1 Å². The number of likely N-dealkylation sites (N-methyl/N-ethyl adjacent to an activating group) is 1. The summed E-state index contributed by atoms with van der Waals surface area (Å²) >= 11 is 0. The molecule has 0 bridgehead atoms. The maximum atomic E-state index is 12.7. The molecule has 0 aromatic carbocycles. The lowest BCUT2D eigenvalue weighted by atomic mass is 9.99. The third-order valence-electron chi connectivity index (χ3n) is 5.12. The van der Waals surface area contributed by atoms with Gasteiger partial charge in [0.1, 0.15) is 0 Å². The van der Waals surface area contributed by atoms with Gasteiger partial charge in [-0.15, -0.1) is 0 Å². The van der Waals surface area contributed by atoms with Gasteiger partial charge in [-0.2, -0.15) is 0 Å². The van der Waals surface area contributed by atoms with Crippen LogP contribution in [0.25, 0.3) is 0 Å². The molecule has 4 heteroatoms. The molecule has 124 valence electrons. The van der Waals surface area contributed by atoms with Crippen molar-refractivity contribution in [2.24, 2.45) is 11.8 Å². The van der Waals surface area contributed by atoms with E-state index in [1.54, 1.807) is 0 Å². The summed E-state index contributed by atoms with van der Waals surface area (Å²) in [6.07, 6.45) is 2.36. The molecule has 21 heavy (non-hydrogen) atoms. The minimum Gasteiger partial charge on any atom is -0.324 e. The second-order valence-corrected chi connectivity index (χ2v) is 6.99. The highest BCUT2D eigenvalue weighted by atomic mass is 16.2. The molecule has 0 saturated carbocycles. The van der Waals surface area contributed by atoms with Crippen LogP contribution in [-0.2, 0) is 4.79 Å². The van der Waals surface area contributed by atoms with Crippen molar-refractivity contribution in [1.29, 1.82) is 0 Å². The molecular weight excluding hydrogens is 262 g/mol. The maximum Gasteiger partial charge on any atom is 0.241 e. The molecule has 0 aromatic heterocycles. The first-order valence-electron chi connectivity index (χ1n) is 8.60. The van der Waals surface area contributed by atoms with Crippen LogP contribution in [0, 0.1) is 11.8 Å². The highest BCUT2D eigenvalue weighted by Crippen LogP contribution is 2.23. The Labute approximate surface area is 131 Å². The van der Waals surface area contributed by atoms with Crippen LogP contribution in [0.4, 0.5) is 0 Å². The fraction of sp³-hybridized carbons (Fsp3) is 0.941. The topological polar surface area (TPSA) is 35.6 Å². The van der Waals surface area contributed by atoms with Gasteiger partial charge in [-0.25, -0.2) is 0 Å². The lowest BCUT2D eigenvalue weighted by Crippen LogP contribution is -2.45. The number of carbonyl (C=O) groups is 1. The van der Waals surface area contributed by atoms with Crippen LogP contribution in [-0.4, -0.2) is 54.1 Å². The number of nitrogens with zero attached hydrogens (tertiary/aromatic N) is 2. The number of carbonyl (C=O) groups excluding carboxylic acids is 1. The van der Waals surface area contributed by atoms with Crippen molar-refractivity contribution < 1.29 is 4.79 Å². The standard InChI is InChI=1S/C17H35N3O/c1-8-13(5)15-17(21)20(16(18-15)12(3)4)11-10-19(7)14(6)9-2/h12-16,18H,8-11H2,1-7H3. The number of hydrogen-bond donors (Lipinski definition) is 1. The second kappa shape index (κ2) is 8.14. The van der Waals surface area contributed by atoms with E-state index in [0.717, 1.165) is 25.9 Å². The summed E-state index contributed by atoms with van der Waals surface area (Å²) in [5.41, 5.74) is 0. The van der Waals surface area contributed by atoms with Crippen molar-refractivity contribution in [3.63, 3.8) is 0 Å². The molecule has 0 aromatic rings. The first-order chi connectivity index (χ1) is 9.83. The Kier molecular flexibility index (Phi) is 7.14. The quantitative estimate of drug-likeness (QED) is 0.748. The van der Waals surface area contributed by atoms with Gasteiger partial charge in [0, 0.05) is 19.1 Å². The van der Waals surface area contributed by atoms with Crippen LogP contribution in [0.15, 0.2) is 0 Å². The van der Waals surface area contributed by atoms with E-state index >= 15 is 0 Å². The van der Waals surface area contributed by atoms with Gasteiger partial charge >= 0.3 is 0 Å². The molecule has 1 saturated heterocycles. The van der Waals surface area contributed by atoms with Crippen molar-refractivity contribution in [1.82, 2.24) is 15.1 Å². The van der Waals surface area contributed by atoms with Crippen LogP contribution in [0.1, 0.15) is 54.4 Å². The molecule has 1 heterocycles. The lowest BCUT2D eigenvalue weighted by molar-refractivity contribution is -0.131. The Hall–Kier alpha value is -0.610. The fourth-order valence-electron chi connectivity index (χ4n) is 2.90. The Morgan fingerprint density at radius 1 is 1.19 bits per heavy atom. The van der Waals surface area contributed by atoms with Gasteiger partial charge < -0.3 is 9.80 Å². The summed E-state index contributed by atoms with van der Waals surface area (Å²) in [6.45, 7) is 14.9. The van der Waals surface area contributed by atoms with Crippen LogP contribution in [0.2, 0.25) is 0 Å². The van der Waals surface area contributed by atoms with Gasteiger partial charge in [0.25, 0.3) is 0 Å². The van der Waals surface area contributed by atoms with Gasteiger partial charge in [0.05, 0.1) is 12.2 Å². The van der Waals surface area contributed by atoms with Crippen LogP contribution in [0.3, 0.4) is 0 Å². The van der Waals surface area contributed by atoms with Gasteiger partial charge in [-0.05, 0) is 32.2 Å². The molecule has 1 aliphatic rings. The third kappa shape index (κ3) is 4.43. The van der Waals surface area contributed by atoms with Gasteiger partial charge in [0.2, 0.25) is 5.91 Å². The molecule has 1 amide bonds. The van der Waals surface area contributed by atoms with Crippen LogP contribution < -0.4 is 5.32 Å². The summed E-state index contributed by atoms with van der Waals surface area (Å²) in [5.74, 6) is 1.13. The van der Waals surface area contributed by atoms with E-state index in [9.17, 15) is 4.79 Å². The van der Waals surface area contributed by atoms with E-state index in [1.165, 1.54) is 0 Å². The van der Waals surface area contributed by atoms with Crippen molar-refractivity contribution in [2.75, 3.05) is 20.1 Å². The van der Waals surface area contributed by atoms with E-state index in [2.05, 4.69) is 63.7 Å². The maximum absolute atomic E-state index is 12.7. The molecule has 0 radical (unpaired) electrons. The number of nitrogens with one attached hydrogen (secondary N) is 1. The zero-order chi connectivity index (χ0) is 16.2. The van der Waals surface area contributed by atoms with Crippen molar-refractivity contribution in [3.8, 4) is 0 Å². The van der Waals surface area contributed by atoms with Crippen LogP contribution >= 0.6 is 0 Å². The summed E-state index contributed by atoms with van der Waals surface area (Å²) in [7, 11) is 2.15. The molecule has 1 rings (SSSR count). The van der Waals surface area contributed by atoms with Crippen molar-refractivity contribution in [2.45, 2.75) is 72.6 Å². The highest BCUT2D eigenvalue weighted by Gasteiger charge is 2.41. The Balaban J connectivity index is 2.70. The molecule has 0 aliphatic carbocycles. The predicted octanol–water partition coefficient (Wildman–Crippen LogP) is 2.55. The summed E-state index contributed by atoms with van der Waals surface area (Å²) in [4.78, 5) is 17.1. The fourth-order valence-corrected chi connectivity index (χ4v) is 2.90. The Morgan fingerprint density at radius 2 is 1.81 bits per heavy atom. The molecule has 1 N–H and O–H groups in total. The zero-order valence-corrected chi connectivity index (χ0v) is 15.0. The van der Waals surface area contributed by atoms with E-state index in [1.807, 2.05) is 0 Å². The van der Waals surface area contributed by atoms with E-state index < -0.39 is 0 Å². The normalized spacial score (nSPS) is 26.0. The van der Waals surface area contributed by atoms with E-state index in [0.29, 0.717) is 23.8 Å². The average molecular weight is 297 g/mol. The molecular formula is C17H35N3O.